The molecule has 0 saturated heterocycles. The van der Waals surface area contributed by atoms with E-state index in [1.165, 1.54) is 10.9 Å². The summed E-state index contributed by atoms with van der Waals surface area (Å²) in [4.78, 5) is 32.0. The largest absolute Gasteiger partial charge is 0.342 e. The molecule has 7 heteroatoms. The van der Waals surface area contributed by atoms with Gasteiger partial charge in [-0.05, 0) is 30.9 Å². The molecule has 0 atom stereocenters. The third kappa shape index (κ3) is 4.96. The zero-order valence-electron chi connectivity index (χ0n) is 18.5. The molecule has 0 saturated carbocycles. The fraction of sp³-hybridized carbons (Fsp3) is 0.478. The highest BCUT2D eigenvalue weighted by atomic mass is 16.2. The maximum absolute atomic E-state index is 12.9. The molecule has 0 fully saturated rings. The zero-order chi connectivity index (χ0) is 21.8. The van der Waals surface area contributed by atoms with Crippen molar-refractivity contribution in [2.45, 2.75) is 47.6 Å². The fourth-order valence-electron chi connectivity index (χ4n) is 3.52. The van der Waals surface area contributed by atoms with E-state index in [1.54, 1.807) is 10.9 Å². The van der Waals surface area contributed by atoms with Crippen LogP contribution in [0.1, 0.15) is 39.7 Å². The van der Waals surface area contributed by atoms with E-state index in [0.29, 0.717) is 29.4 Å². The maximum atomic E-state index is 12.9. The van der Waals surface area contributed by atoms with Crippen LogP contribution >= 0.6 is 0 Å². The summed E-state index contributed by atoms with van der Waals surface area (Å²) in [5.74, 6) is 0.877. The average Bonchev–Trinajstić information content (AvgIpc) is 3.11. The molecule has 1 amide bonds. The van der Waals surface area contributed by atoms with Crippen molar-refractivity contribution in [1.82, 2.24) is 24.2 Å². The van der Waals surface area contributed by atoms with Gasteiger partial charge < -0.3 is 4.90 Å². The Kier molecular flexibility index (Phi) is 6.70. The summed E-state index contributed by atoms with van der Waals surface area (Å²) in [7, 11) is 0. The predicted octanol–water partition coefficient (Wildman–Crippen LogP) is 3.42. The molecule has 0 aliphatic carbocycles. The highest BCUT2D eigenvalue weighted by Crippen LogP contribution is 2.14. The van der Waals surface area contributed by atoms with Gasteiger partial charge in [0.25, 0.3) is 5.56 Å². The highest BCUT2D eigenvalue weighted by Gasteiger charge is 2.17. The van der Waals surface area contributed by atoms with Gasteiger partial charge in [0, 0.05) is 26.1 Å². The molecule has 0 aliphatic rings. The van der Waals surface area contributed by atoms with Crippen LogP contribution < -0.4 is 5.56 Å². The Hall–Kier alpha value is -2.96. The number of hydrogen-bond acceptors (Lipinski definition) is 4. The first-order valence-electron chi connectivity index (χ1n) is 10.5. The Labute approximate surface area is 177 Å². The zero-order valence-corrected chi connectivity index (χ0v) is 18.5. The summed E-state index contributed by atoms with van der Waals surface area (Å²) in [5, 5.41) is 4.80. The molecule has 2 heterocycles. The Balaban J connectivity index is 1.79. The minimum Gasteiger partial charge on any atom is -0.342 e. The van der Waals surface area contributed by atoms with Crippen LogP contribution in [-0.2, 0) is 11.3 Å². The molecule has 7 nitrogen and oxygen atoms in total. The quantitative estimate of drug-likeness (QED) is 0.571. The van der Waals surface area contributed by atoms with E-state index < -0.39 is 0 Å². The number of aryl methyl sites for hydroxylation is 2. The van der Waals surface area contributed by atoms with E-state index in [9.17, 15) is 9.59 Å². The van der Waals surface area contributed by atoms with Crippen molar-refractivity contribution in [1.29, 1.82) is 0 Å². The van der Waals surface area contributed by atoms with E-state index in [4.69, 9.17) is 0 Å². The van der Waals surface area contributed by atoms with Crippen LogP contribution in [0, 0.1) is 18.8 Å². The molecule has 0 N–H and O–H groups in total. The molecular formula is C23H31N5O2. The van der Waals surface area contributed by atoms with Gasteiger partial charge in [0.1, 0.15) is 5.39 Å². The van der Waals surface area contributed by atoms with Crippen molar-refractivity contribution >= 4 is 16.9 Å². The fourth-order valence-corrected chi connectivity index (χ4v) is 3.52. The standard InChI is InChI=1S/C23H31N5O2/c1-16(2)13-27(14-17(3)4)21(29)10-11-26-15-24-22-20(23(26)30)12-25-28(22)19-8-6-18(5)7-9-19/h6-9,12,15-17H,10-11,13-14H2,1-5H3. The van der Waals surface area contributed by atoms with Gasteiger partial charge in [0.15, 0.2) is 5.65 Å². The maximum Gasteiger partial charge on any atom is 0.264 e. The Morgan fingerprint density at radius 2 is 1.70 bits per heavy atom. The number of nitrogens with zero attached hydrogens (tertiary/aromatic N) is 5. The molecule has 3 rings (SSSR count). The third-order valence-electron chi connectivity index (χ3n) is 4.92. The molecule has 0 spiro atoms. The minimum absolute atomic E-state index is 0.0692. The third-order valence-corrected chi connectivity index (χ3v) is 4.92. The van der Waals surface area contributed by atoms with Gasteiger partial charge in [-0.25, -0.2) is 9.67 Å². The predicted molar refractivity (Wildman–Crippen MR) is 119 cm³/mol. The number of carbonyl (C=O) groups is 1. The monoisotopic (exact) mass is 409 g/mol. The number of aromatic nitrogens is 4. The number of benzene rings is 1. The van der Waals surface area contributed by atoms with Crippen LogP contribution in [0.4, 0.5) is 0 Å². The van der Waals surface area contributed by atoms with Gasteiger partial charge >= 0.3 is 0 Å². The van der Waals surface area contributed by atoms with Gasteiger partial charge in [-0.15, -0.1) is 0 Å². The highest BCUT2D eigenvalue weighted by molar-refractivity contribution is 5.76. The number of hydrogen-bond donors (Lipinski definition) is 0. The van der Waals surface area contributed by atoms with E-state index in [0.717, 1.165) is 24.3 Å². The van der Waals surface area contributed by atoms with E-state index in [2.05, 4.69) is 37.8 Å². The second kappa shape index (κ2) is 9.24. The summed E-state index contributed by atoms with van der Waals surface area (Å²) in [6.45, 7) is 12.2. The number of carbonyl (C=O) groups excluding carboxylic acids is 1. The molecule has 0 unspecified atom stereocenters. The van der Waals surface area contributed by atoms with Crippen LogP contribution in [-0.4, -0.2) is 43.2 Å². The van der Waals surface area contributed by atoms with Crippen molar-refractivity contribution < 1.29 is 4.79 Å². The lowest BCUT2D eigenvalue weighted by Crippen LogP contribution is -2.37. The summed E-state index contributed by atoms with van der Waals surface area (Å²) in [6.07, 6.45) is 3.34. The second-order valence-electron chi connectivity index (χ2n) is 8.71. The van der Waals surface area contributed by atoms with E-state index in [1.807, 2.05) is 36.1 Å². The van der Waals surface area contributed by atoms with Crippen LogP contribution in [0.25, 0.3) is 16.7 Å². The van der Waals surface area contributed by atoms with Crippen molar-refractivity contribution in [3.8, 4) is 5.69 Å². The Bertz CT molecular complexity index is 1050. The topological polar surface area (TPSA) is 73.0 Å². The van der Waals surface area contributed by atoms with Gasteiger partial charge in [-0.2, -0.15) is 5.10 Å². The average molecular weight is 410 g/mol. The van der Waals surface area contributed by atoms with E-state index >= 15 is 0 Å². The summed E-state index contributed by atoms with van der Waals surface area (Å²) >= 11 is 0. The normalized spacial score (nSPS) is 11.6. The van der Waals surface area contributed by atoms with Gasteiger partial charge in [-0.1, -0.05) is 45.4 Å². The molecule has 30 heavy (non-hydrogen) atoms. The molecule has 0 radical (unpaired) electrons. The van der Waals surface area contributed by atoms with E-state index in [-0.39, 0.29) is 17.9 Å². The lowest BCUT2D eigenvalue weighted by molar-refractivity contribution is -0.132. The van der Waals surface area contributed by atoms with Crippen LogP contribution in [0.2, 0.25) is 0 Å². The van der Waals surface area contributed by atoms with Gasteiger partial charge in [0.2, 0.25) is 5.91 Å². The van der Waals surface area contributed by atoms with Crippen LogP contribution in [0.3, 0.4) is 0 Å². The molecule has 1 aromatic carbocycles. The minimum atomic E-state index is -0.176. The van der Waals surface area contributed by atoms with Crippen molar-refractivity contribution in [2.24, 2.45) is 11.8 Å². The van der Waals surface area contributed by atoms with Crippen molar-refractivity contribution in [3.63, 3.8) is 0 Å². The molecule has 0 bridgehead atoms. The molecule has 0 aliphatic heterocycles. The Morgan fingerprint density at radius 3 is 2.30 bits per heavy atom. The van der Waals surface area contributed by atoms with Crippen molar-refractivity contribution in [2.75, 3.05) is 13.1 Å². The first-order chi connectivity index (χ1) is 14.3. The lowest BCUT2D eigenvalue weighted by Gasteiger charge is -2.26. The van der Waals surface area contributed by atoms with Crippen LogP contribution in [0.15, 0.2) is 41.6 Å². The number of amides is 1. The van der Waals surface area contributed by atoms with Gasteiger partial charge in [0.05, 0.1) is 18.2 Å². The van der Waals surface area contributed by atoms with Crippen LogP contribution in [0.5, 0.6) is 0 Å². The first kappa shape index (κ1) is 21.7. The molecule has 160 valence electrons. The lowest BCUT2D eigenvalue weighted by atomic mass is 10.1. The molecule has 3 aromatic rings. The summed E-state index contributed by atoms with van der Waals surface area (Å²) in [5.41, 5.74) is 2.35. The Morgan fingerprint density at radius 1 is 1.07 bits per heavy atom. The SMILES string of the molecule is Cc1ccc(-n2ncc3c(=O)n(CCC(=O)N(CC(C)C)CC(C)C)cnc32)cc1. The summed E-state index contributed by atoms with van der Waals surface area (Å²) < 4.78 is 3.17. The first-order valence-corrected chi connectivity index (χ1v) is 10.5. The molecule has 2 aromatic heterocycles. The smallest absolute Gasteiger partial charge is 0.264 e. The molecular weight excluding hydrogens is 378 g/mol. The summed E-state index contributed by atoms with van der Waals surface area (Å²) in [6, 6.07) is 7.89. The second-order valence-corrected chi connectivity index (χ2v) is 8.71. The number of fused-ring (bicyclic) bond motifs is 1. The van der Waals surface area contributed by atoms with Gasteiger partial charge in [-0.3, -0.25) is 14.2 Å². The number of rotatable bonds is 8. The van der Waals surface area contributed by atoms with Crippen molar-refractivity contribution in [3.05, 3.63) is 52.7 Å².